The highest BCUT2D eigenvalue weighted by Crippen LogP contribution is 2.20. The van der Waals surface area contributed by atoms with Crippen LogP contribution in [0.25, 0.3) is 12.2 Å². The lowest BCUT2D eigenvalue weighted by Crippen LogP contribution is -1.67. The Labute approximate surface area is 71.8 Å². The topological polar surface area (TPSA) is 13.1 Å². The van der Waals surface area contributed by atoms with Gasteiger partial charge in [-0.3, -0.25) is 0 Å². The lowest BCUT2D eigenvalue weighted by Gasteiger charge is -1.85. The number of allylic oxidation sites excluding steroid dienone is 1. The Balaban J connectivity index is 3.11. The molecule has 1 heterocycles. The largest absolute Gasteiger partial charge is 0.450 e. The van der Waals surface area contributed by atoms with Crippen molar-refractivity contribution in [3.63, 3.8) is 0 Å². The molecule has 0 aliphatic carbocycles. The number of furan rings is 1. The van der Waals surface area contributed by atoms with E-state index in [9.17, 15) is 0 Å². The van der Waals surface area contributed by atoms with Crippen LogP contribution in [0.2, 0.25) is 0 Å². The molecule has 1 aromatic rings. The highest BCUT2D eigenvalue weighted by atomic mass is 32.1. The van der Waals surface area contributed by atoms with E-state index in [4.69, 9.17) is 4.42 Å². The third kappa shape index (κ3) is 1.77. The van der Waals surface area contributed by atoms with Gasteiger partial charge >= 0.3 is 0 Å². The zero-order chi connectivity index (χ0) is 8.27. The molecule has 11 heavy (non-hydrogen) atoms. The molecule has 0 saturated carbocycles. The van der Waals surface area contributed by atoms with Crippen LogP contribution in [0.15, 0.2) is 28.2 Å². The average molecular weight is 166 g/mol. The first kappa shape index (κ1) is 8.21. The summed E-state index contributed by atoms with van der Waals surface area (Å²) in [5, 5.41) is 0.619. The first-order chi connectivity index (χ1) is 5.27. The fourth-order valence-corrected chi connectivity index (χ4v) is 1.11. The minimum absolute atomic E-state index is 0.619. The maximum absolute atomic E-state index is 5.21. The van der Waals surface area contributed by atoms with Crippen molar-refractivity contribution >= 4 is 24.8 Å². The number of rotatable bonds is 2. The van der Waals surface area contributed by atoms with Gasteiger partial charge in [-0.1, -0.05) is 18.7 Å². The summed E-state index contributed by atoms with van der Waals surface area (Å²) in [4.78, 5) is 0. The molecule has 0 aliphatic rings. The van der Waals surface area contributed by atoms with E-state index < -0.39 is 0 Å². The molecule has 0 aromatic carbocycles. The maximum Gasteiger partial charge on any atom is 0.158 e. The molecule has 0 aliphatic heterocycles. The van der Waals surface area contributed by atoms with Crippen molar-refractivity contribution in [2.75, 3.05) is 0 Å². The van der Waals surface area contributed by atoms with Gasteiger partial charge in [0.05, 0.1) is 0 Å². The molecule has 1 rings (SSSR count). The second-order valence-corrected chi connectivity index (χ2v) is 2.55. The van der Waals surface area contributed by atoms with Gasteiger partial charge in [-0.15, -0.1) is 12.6 Å². The van der Waals surface area contributed by atoms with Crippen LogP contribution in [0, 0.1) is 0 Å². The summed E-state index contributed by atoms with van der Waals surface area (Å²) < 4.78 is 5.21. The van der Waals surface area contributed by atoms with E-state index in [1.165, 1.54) is 0 Å². The molecular weight excluding hydrogens is 156 g/mol. The predicted octanol–water partition coefficient (Wildman–Crippen LogP) is 3.24. The summed E-state index contributed by atoms with van der Waals surface area (Å²) in [6.07, 6.45) is 5.58. The molecule has 0 amide bonds. The molecule has 0 fully saturated rings. The fourth-order valence-electron chi connectivity index (χ4n) is 0.875. The number of hydrogen-bond acceptors (Lipinski definition) is 2. The molecule has 0 bridgehead atoms. The first-order valence-corrected chi connectivity index (χ1v) is 3.80. The Bertz CT molecular complexity index is 284. The Kier molecular flexibility index (Phi) is 2.60. The Morgan fingerprint density at radius 2 is 2.36 bits per heavy atom. The summed E-state index contributed by atoms with van der Waals surface area (Å²) in [6, 6.07) is 1.86. The third-order valence-electron chi connectivity index (χ3n) is 1.31. The number of thiol groups is 1. The van der Waals surface area contributed by atoms with E-state index in [1.807, 2.05) is 25.1 Å². The molecule has 0 N–H and O–H groups in total. The molecule has 0 radical (unpaired) electrons. The maximum atomic E-state index is 5.21. The van der Waals surface area contributed by atoms with E-state index in [0.717, 1.165) is 11.3 Å². The number of hydrogen-bond donors (Lipinski definition) is 1. The first-order valence-electron chi connectivity index (χ1n) is 3.36. The van der Waals surface area contributed by atoms with Gasteiger partial charge in [0.1, 0.15) is 5.76 Å². The van der Waals surface area contributed by atoms with Gasteiger partial charge in [-0.25, -0.2) is 0 Å². The fraction of sp³-hybridized carbons (Fsp3) is 0.111. The van der Waals surface area contributed by atoms with Gasteiger partial charge in [-0.2, -0.15) is 0 Å². The van der Waals surface area contributed by atoms with Crippen molar-refractivity contribution < 1.29 is 4.42 Å². The monoisotopic (exact) mass is 166 g/mol. The van der Waals surface area contributed by atoms with Crippen molar-refractivity contribution in [3.05, 3.63) is 30.0 Å². The molecule has 1 nitrogen and oxygen atoms in total. The van der Waals surface area contributed by atoms with E-state index in [2.05, 4.69) is 19.2 Å². The smallest absolute Gasteiger partial charge is 0.158 e. The van der Waals surface area contributed by atoms with Crippen LogP contribution in [-0.2, 0) is 0 Å². The molecular formula is C9H10OS. The van der Waals surface area contributed by atoms with Crippen LogP contribution in [0.1, 0.15) is 18.2 Å². The van der Waals surface area contributed by atoms with Gasteiger partial charge < -0.3 is 4.42 Å². The van der Waals surface area contributed by atoms with Gasteiger partial charge in [-0.05, 0) is 19.1 Å². The van der Waals surface area contributed by atoms with Gasteiger partial charge in [0.25, 0.3) is 0 Å². The SMILES string of the molecule is C=Cc1oc(S)cc1/C=C\C. The van der Waals surface area contributed by atoms with Crippen molar-refractivity contribution in [2.45, 2.75) is 12.0 Å². The summed E-state index contributed by atoms with van der Waals surface area (Å²) in [6.45, 7) is 5.58. The minimum Gasteiger partial charge on any atom is -0.450 e. The van der Waals surface area contributed by atoms with Crippen molar-refractivity contribution in [1.29, 1.82) is 0 Å². The van der Waals surface area contributed by atoms with Gasteiger partial charge in [0.2, 0.25) is 0 Å². The second-order valence-electron chi connectivity index (χ2n) is 2.11. The molecule has 2 heteroatoms. The lowest BCUT2D eigenvalue weighted by molar-refractivity contribution is 0.468. The summed E-state index contributed by atoms with van der Waals surface area (Å²) in [5.41, 5.74) is 1.02. The Hall–Kier alpha value is -0.890. The van der Waals surface area contributed by atoms with E-state index in [-0.39, 0.29) is 0 Å². The van der Waals surface area contributed by atoms with Crippen LogP contribution in [0.3, 0.4) is 0 Å². The van der Waals surface area contributed by atoms with E-state index >= 15 is 0 Å². The van der Waals surface area contributed by atoms with Gasteiger partial charge in [0.15, 0.2) is 5.09 Å². The average Bonchev–Trinajstić information content (AvgIpc) is 2.32. The van der Waals surface area contributed by atoms with Crippen LogP contribution in [-0.4, -0.2) is 0 Å². The molecule has 58 valence electrons. The van der Waals surface area contributed by atoms with Crippen LogP contribution in [0.4, 0.5) is 0 Å². The minimum atomic E-state index is 0.619. The third-order valence-corrected chi connectivity index (χ3v) is 1.53. The van der Waals surface area contributed by atoms with E-state index in [0.29, 0.717) is 5.09 Å². The summed E-state index contributed by atoms with van der Waals surface area (Å²) in [7, 11) is 0. The summed E-state index contributed by atoms with van der Waals surface area (Å²) in [5.74, 6) is 0.771. The highest BCUT2D eigenvalue weighted by Gasteiger charge is 2.01. The Morgan fingerprint density at radius 1 is 1.64 bits per heavy atom. The van der Waals surface area contributed by atoms with Crippen molar-refractivity contribution in [2.24, 2.45) is 0 Å². The zero-order valence-electron chi connectivity index (χ0n) is 6.37. The van der Waals surface area contributed by atoms with Crippen molar-refractivity contribution in [1.82, 2.24) is 0 Å². The van der Waals surface area contributed by atoms with E-state index in [1.54, 1.807) is 6.08 Å². The Morgan fingerprint density at radius 3 is 2.91 bits per heavy atom. The zero-order valence-corrected chi connectivity index (χ0v) is 7.27. The molecule has 0 atom stereocenters. The quantitative estimate of drug-likeness (QED) is 0.665. The van der Waals surface area contributed by atoms with Crippen LogP contribution >= 0.6 is 12.6 Å². The second kappa shape index (κ2) is 3.49. The molecule has 0 saturated heterocycles. The standard InChI is InChI=1S/C9H10OS/c1-3-5-7-6-9(11)10-8(7)4-2/h3-6,11H,2H2,1H3/b5-3-. The van der Waals surface area contributed by atoms with Crippen LogP contribution < -0.4 is 0 Å². The molecule has 0 spiro atoms. The summed E-state index contributed by atoms with van der Waals surface area (Å²) >= 11 is 4.07. The molecule has 0 unspecified atom stereocenters. The highest BCUT2D eigenvalue weighted by molar-refractivity contribution is 7.80. The molecule has 1 aromatic heterocycles. The lowest BCUT2D eigenvalue weighted by atomic mass is 10.2. The predicted molar refractivity (Wildman–Crippen MR) is 50.8 cm³/mol. The van der Waals surface area contributed by atoms with Gasteiger partial charge in [0, 0.05) is 5.56 Å². The van der Waals surface area contributed by atoms with Crippen molar-refractivity contribution in [3.8, 4) is 0 Å². The van der Waals surface area contributed by atoms with Crippen LogP contribution in [0.5, 0.6) is 0 Å². The normalized spacial score (nSPS) is 10.7.